The maximum atomic E-state index is 9.21. The van der Waals surface area contributed by atoms with Gasteiger partial charge >= 0.3 is 0 Å². The molecule has 112 valence electrons. The number of ether oxygens (including phenoxy) is 2. The van der Waals surface area contributed by atoms with Crippen molar-refractivity contribution in [3.63, 3.8) is 0 Å². The number of benzene rings is 2. The van der Waals surface area contributed by atoms with Crippen molar-refractivity contribution in [1.82, 2.24) is 5.32 Å². The minimum absolute atomic E-state index is 0.00487. The van der Waals surface area contributed by atoms with Crippen LogP contribution in [-0.2, 0) is 6.61 Å². The van der Waals surface area contributed by atoms with Crippen LogP contribution in [0.5, 0.6) is 17.2 Å². The van der Waals surface area contributed by atoms with Gasteiger partial charge in [0.25, 0.3) is 0 Å². The molecule has 0 spiro atoms. The van der Waals surface area contributed by atoms with Crippen molar-refractivity contribution >= 4 is 0 Å². The average molecular weight is 287 g/mol. The summed E-state index contributed by atoms with van der Waals surface area (Å²) >= 11 is 0. The van der Waals surface area contributed by atoms with Gasteiger partial charge in [0.15, 0.2) is 0 Å². The summed E-state index contributed by atoms with van der Waals surface area (Å²) in [4.78, 5) is 0. The SMILES string of the molecule is CNC(C)c1c(OC)cccc1Oc1cccc(CO)c1. The number of aliphatic hydroxyl groups is 1. The zero-order chi connectivity index (χ0) is 15.2. The normalized spacial score (nSPS) is 12.0. The summed E-state index contributed by atoms with van der Waals surface area (Å²) in [5.74, 6) is 2.22. The lowest BCUT2D eigenvalue weighted by Gasteiger charge is -2.19. The first-order valence-corrected chi connectivity index (χ1v) is 6.91. The van der Waals surface area contributed by atoms with Crippen molar-refractivity contribution < 1.29 is 14.6 Å². The van der Waals surface area contributed by atoms with Crippen LogP contribution in [0.25, 0.3) is 0 Å². The van der Waals surface area contributed by atoms with Gasteiger partial charge in [-0.15, -0.1) is 0 Å². The predicted molar refractivity (Wildman–Crippen MR) is 82.9 cm³/mol. The third-order valence-corrected chi connectivity index (χ3v) is 3.42. The maximum absolute atomic E-state index is 9.21. The average Bonchev–Trinajstić information content (AvgIpc) is 2.54. The van der Waals surface area contributed by atoms with Gasteiger partial charge in [-0.2, -0.15) is 0 Å². The van der Waals surface area contributed by atoms with Gasteiger partial charge in [0.2, 0.25) is 0 Å². The Morgan fingerprint density at radius 1 is 1.14 bits per heavy atom. The van der Waals surface area contributed by atoms with Crippen LogP contribution in [0, 0.1) is 0 Å². The Morgan fingerprint density at radius 3 is 2.52 bits per heavy atom. The fraction of sp³-hybridized carbons (Fsp3) is 0.294. The van der Waals surface area contributed by atoms with Gasteiger partial charge in [-0.25, -0.2) is 0 Å². The second kappa shape index (κ2) is 7.11. The van der Waals surface area contributed by atoms with Crippen LogP contribution in [0.2, 0.25) is 0 Å². The molecule has 0 aromatic heterocycles. The van der Waals surface area contributed by atoms with Crippen molar-refractivity contribution in [3.8, 4) is 17.2 Å². The Bertz CT molecular complexity index is 598. The van der Waals surface area contributed by atoms with Crippen LogP contribution in [0.3, 0.4) is 0 Å². The highest BCUT2D eigenvalue weighted by molar-refractivity contribution is 5.48. The number of hydrogen-bond donors (Lipinski definition) is 2. The van der Waals surface area contributed by atoms with Gasteiger partial charge in [0.1, 0.15) is 17.2 Å². The van der Waals surface area contributed by atoms with Crippen molar-refractivity contribution in [1.29, 1.82) is 0 Å². The molecule has 21 heavy (non-hydrogen) atoms. The highest BCUT2D eigenvalue weighted by Gasteiger charge is 2.16. The lowest BCUT2D eigenvalue weighted by Crippen LogP contribution is -2.14. The zero-order valence-corrected chi connectivity index (χ0v) is 12.6. The number of aliphatic hydroxyl groups excluding tert-OH is 1. The Hall–Kier alpha value is -2.04. The monoisotopic (exact) mass is 287 g/mol. The summed E-state index contributed by atoms with van der Waals surface area (Å²) in [6.45, 7) is 2.05. The maximum Gasteiger partial charge on any atom is 0.135 e. The molecule has 4 heteroatoms. The van der Waals surface area contributed by atoms with Gasteiger partial charge in [0, 0.05) is 6.04 Å². The van der Waals surface area contributed by atoms with E-state index in [1.54, 1.807) is 7.11 Å². The second-order valence-corrected chi connectivity index (χ2v) is 4.79. The Kier molecular flexibility index (Phi) is 5.20. The topological polar surface area (TPSA) is 50.7 Å². The number of hydrogen-bond acceptors (Lipinski definition) is 4. The Balaban J connectivity index is 2.38. The number of rotatable bonds is 6. The second-order valence-electron chi connectivity index (χ2n) is 4.79. The van der Waals surface area contributed by atoms with Crippen LogP contribution < -0.4 is 14.8 Å². The van der Waals surface area contributed by atoms with Crippen molar-refractivity contribution in [3.05, 3.63) is 53.6 Å². The first-order chi connectivity index (χ1) is 10.2. The molecule has 0 amide bonds. The smallest absolute Gasteiger partial charge is 0.135 e. The molecule has 4 nitrogen and oxygen atoms in total. The first kappa shape index (κ1) is 15.4. The lowest BCUT2D eigenvalue weighted by atomic mass is 10.1. The minimum Gasteiger partial charge on any atom is -0.496 e. The fourth-order valence-electron chi connectivity index (χ4n) is 2.20. The number of nitrogens with one attached hydrogen (secondary N) is 1. The molecule has 2 N–H and O–H groups in total. The zero-order valence-electron chi connectivity index (χ0n) is 12.6. The van der Waals surface area contributed by atoms with Crippen LogP contribution in [0.15, 0.2) is 42.5 Å². The van der Waals surface area contributed by atoms with E-state index in [1.807, 2.05) is 49.5 Å². The fourth-order valence-corrected chi connectivity index (χ4v) is 2.20. The summed E-state index contributed by atoms with van der Waals surface area (Å²) in [6, 6.07) is 13.2. The minimum atomic E-state index is -0.00487. The summed E-state index contributed by atoms with van der Waals surface area (Å²) in [7, 11) is 3.55. The molecule has 0 fully saturated rings. The third-order valence-electron chi connectivity index (χ3n) is 3.42. The van der Waals surface area contributed by atoms with E-state index in [0.717, 1.165) is 22.6 Å². The summed E-state index contributed by atoms with van der Waals surface area (Å²) in [6.07, 6.45) is 0. The van der Waals surface area contributed by atoms with Crippen LogP contribution in [0.1, 0.15) is 24.1 Å². The molecular formula is C17H21NO3. The Labute approximate surface area is 125 Å². The van der Waals surface area contributed by atoms with E-state index in [2.05, 4.69) is 12.2 Å². The Morgan fingerprint density at radius 2 is 1.86 bits per heavy atom. The summed E-state index contributed by atoms with van der Waals surface area (Å²) in [5, 5.41) is 12.4. The molecule has 0 saturated carbocycles. The van der Waals surface area contributed by atoms with E-state index in [1.165, 1.54) is 0 Å². The molecule has 0 aliphatic carbocycles. The van der Waals surface area contributed by atoms with Crippen LogP contribution in [0.4, 0.5) is 0 Å². The van der Waals surface area contributed by atoms with Gasteiger partial charge < -0.3 is 19.9 Å². The van der Waals surface area contributed by atoms with E-state index < -0.39 is 0 Å². The molecule has 0 aliphatic heterocycles. The van der Waals surface area contributed by atoms with Gasteiger partial charge in [-0.1, -0.05) is 18.2 Å². The third kappa shape index (κ3) is 3.54. The van der Waals surface area contributed by atoms with Gasteiger partial charge in [-0.3, -0.25) is 0 Å². The van der Waals surface area contributed by atoms with E-state index in [9.17, 15) is 5.11 Å². The van der Waals surface area contributed by atoms with E-state index in [-0.39, 0.29) is 12.6 Å². The van der Waals surface area contributed by atoms with Gasteiger partial charge in [0.05, 0.1) is 19.3 Å². The van der Waals surface area contributed by atoms with Crippen LogP contribution >= 0.6 is 0 Å². The van der Waals surface area contributed by atoms with E-state index in [0.29, 0.717) is 5.75 Å². The molecule has 0 saturated heterocycles. The molecule has 2 rings (SSSR count). The van der Waals surface area contributed by atoms with E-state index >= 15 is 0 Å². The predicted octanol–water partition coefficient (Wildman–Crippen LogP) is 3.26. The molecule has 0 heterocycles. The molecule has 2 aromatic rings. The van der Waals surface area contributed by atoms with Crippen molar-refractivity contribution in [2.45, 2.75) is 19.6 Å². The summed E-state index contributed by atoms with van der Waals surface area (Å²) in [5.41, 5.74) is 1.79. The van der Waals surface area contributed by atoms with Gasteiger partial charge in [-0.05, 0) is 43.8 Å². The number of methoxy groups -OCH3 is 1. The quantitative estimate of drug-likeness (QED) is 0.856. The molecule has 1 atom stereocenters. The summed E-state index contributed by atoms with van der Waals surface area (Å²) < 4.78 is 11.4. The lowest BCUT2D eigenvalue weighted by molar-refractivity contribution is 0.281. The molecule has 0 radical (unpaired) electrons. The standard InChI is InChI=1S/C17H21NO3/c1-12(18-2)17-15(20-3)8-5-9-16(17)21-14-7-4-6-13(10-14)11-19/h4-10,12,18-19H,11H2,1-3H3. The molecule has 1 unspecified atom stereocenters. The molecule has 0 bridgehead atoms. The first-order valence-electron chi connectivity index (χ1n) is 6.91. The highest BCUT2D eigenvalue weighted by Crippen LogP contribution is 2.36. The van der Waals surface area contributed by atoms with Crippen molar-refractivity contribution in [2.75, 3.05) is 14.2 Å². The molecular weight excluding hydrogens is 266 g/mol. The highest BCUT2D eigenvalue weighted by atomic mass is 16.5. The molecule has 2 aromatic carbocycles. The van der Waals surface area contributed by atoms with E-state index in [4.69, 9.17) is 9.47 Å². The largest absolute Gasteiger partial charge is 0.496 e. The molecule has 0 aliphatic rings. The van der Waals surface area contributed by atoms with Crippen LogP contribution in [-0.4, -0.2) is 19.3 Å². The van der Waals surface area contributed by atoms with Crippen molar-refractivity contribution in [2.24, 2.45) is 0 Å².